The number of benzene rings is 1. The first kappa shape index (κ1) is 15.6. The third-order valence-electron chi connectivity index (χ3n) is 2.84. The van der Waals surface area contributed by atoms with Gasteiger partial charge in [-0.15, -0.1) is 0 Å². The summed E-state index contributed by atoms with van der Waals surface area (Å²) in [6.07, 6.45) is -0.372. The van der Waals surface area contributed by atoms with Crippen LogP contribution >= 0.6 is 11.8 Å². The number of hydrogen-bond donors (Lipinski definition) is 1. The van der Waals surface area contributed by atoms with Crippen LogP contribution in [0.1, 0.15) is 58.8 Å². The zero-order valence-electron chi connectivity index (χ0n) is 12.4. The van der Waals surface area contributed by atoms with Crippen molar-refractivity contribution in [1.82, 2.24) is 0 Å². The number of aliphatic hydroxyl groups excluding tert-OH is 1. The molecule has 0 saturated carbocycles. The minimum atomic E-state index is -0.372. The largest absolute Gasteiger partial charge is 0.388 e. The predicted molar refractivity (Wildman–Crippen MR) is 82.3 cm³/mol. The van der Waals surface area contributed by atoms with Gasteiger partial charge in [0.2, 0.25) is 0 Å². The van der Waals surface area contributed by atoms with Crippen molar-refractivity contribution in [3.8, 4) is 0 Å². The normalized spacial score (nSPS) is 14.6. The average Bonchev–Trinajstić information content (AvgIpc) is 2.24. The fourth-order valence-corrected chi connectivity index (χ4v) is 2.48. The molecule has 1 aromatic carbocycles. The summed E-state index contributed by atoms with van der Waals surface area (Å²) in [6, 6.07) is 8.35. The molecule has 0 radical (unpaired) electrons. The van der Waals surface area contributed by atoms with E-state index < -0.39 is 0 Å². The van der Waals surface area contributed by atoms with Crippen molar-refractivity contribution < 1.29 is 5.11 Å². The Kier molecular flexibility index (Phi) is 4.90. The highest BCUT2D eigenvalue weighted by atomic mass is 32.2. The molecule has 0 aliphatic heterocycles. The van der Waals surface area contributed by atoms with E-state index in [1.807, 2.05) is 0 Å². The number of aliphatic hydroxyl groups is 1. The second-order valence-corrected chi connectivity index (χ2v) is 8.66. The Hall–Kier alpha value is -0.470. The smallest absolute Gasteiger partial charge is 0.0880 e. The predicted octanol–water partition coefficient (Wildman–Crippen LogP) is 4.55. The monoisotopic (exact) mass is 266 g/mol. The standard InChI is InChI=1S/C16H26OS/c1-15(2,3)13-9-7-12(8-10-13)14(17)11-18-16(4,5)6/h7-10,14,17H,11H2,1-6H3. The minimum absolute atomic E-state index is 0.170. The molecule has 0 bridgehead atoms. The molecule has 1 rings (SSSR count). The van der Waals surface area contributed by atoms with Crippen LogP contribution in [0.25, 0.3) is 0 Å². The zero-order valence-corrected chi connectivity index (χ0v) is 13.3. The van der Waals surface area contributed by atoms with Crippen LogP contribution < -0.4 is 0 Å². The molecule has 0 heterocycles. The molecule has 0 aromatic heterocycles. The van der Waals surface area contributed by atoms with Gasteiger partial charge in [-0.25, -0.2) is 0 Å². The van der Waals surface area contributed by atoms with Crippen LogP contribution in [0.4, 0.5) is 0 Å². The molecule has 0 saturated heterocycles. The molecule has 0 spiro atoms. The summed E-state index contributed by atoms with van der Waals surface area (Å²) in [7, 11) is 0. The Balaban J connectivity index is 2.68. The van der Waals surface area contributed by atoms with E-state index in [0.29, 0.717) is 0 Å². The van der Waals surface area contributed by atoms with Crippen LogP contribution in [0.3, 0.4) is 0 Å². The van der Waals surface area contributed by atoms with Crippen LogP contribution in [0.15, 0.2) is 24.3 Å². The van der Waals surface area contributed by atoms with E-state index in [1.54, 1.807) is 11.8 Å². The van der Waals surface area contributed by atoms with Gasteiger partial charge in [-0.2, -0.15) is 11.8 Å². The lowest BCUT2D eigenvalue weighted by atomic mass is 9.86. The fourth-order valence-electron chi connectivity index (χ4n) is 1.63. The number of thioether (sulfide) groups is 1. The van der Waals surface area contributed by atoms with Crippen LogP contribution in [0, 0.1) is 0 Å². The van der Waals surface area contributed by atoms with E-state index in [9.17, 15) is 5.11 Å². The van der Waals surface area contributed by atoms with Gasteiger partial charge in [0.1, 0.15) is 0 Å². The Morgan fingerprint density at radius 2 is 1.50 bits per heavy atom. The topological polar surface area (TPSA) is 20.2 Å². The molecule has 102 valence electrons. The molecule has 1 N–H and O–H groups in total. The molecular formula is C16H26OS. The quantitative estimate of drug-likeness (QED) is 0.866. The highest BCUT2D eigenvalue weighted by molar-refractivity contribution is 8.00. The van der Waals surface area contributed by atoms with E-state index in [4.69, 9.17) is 0 Å². The van der Waals surface area contributed by atoms with Crippen molar-refractivity contribution in [1.29, 1.82) is 0 Å². The summed E-state index contributed by atoms with van der Waals surface area (Å²) in [5, 5.41) is 10.2. The SMILES string of the molecule is CC(C)(C)SCC(O)c1ccc(C(C)(C)C)cc1. The van der Waals surface area contributed by atoms with Crippen LogP contribution in [-0.2, 0) is 5.41 Å². The average molecular weight is 266 g/mol. The third-order valence-corrected chi connectivity index (χ3v) is 4.18. The maximum absolute atomic E-state index is 10.2. The maximum atomic E-state index is 10.2. The summed E-state index contributed by atoms with van der Waals surface area (Å²) < 4.78 is 0.201. The van der Waals surface area contributed by atoms with E-state index in [-0.39, 0.29) is 16.3 Å². The van der Waals surface area contributed by atoms with Gasteiger partial charge in [-0.05, 0) is 16.5 Å². The van der Waals surface area contributed by atoms with Gasteiger partial charge in [-0.1, -0.05) is 65.8 Å². The molecular weight excluding hydrogens is 240 g/mol. The highest BCUT2D eigenvalue weighted by Gasteiger charge is 2.17. The van der Waals surface area contributed by atoms with Gasteiger partial charge in [0.25, 0.3) is 0 Å². The summed E-state index contributed by atoms with van der Waals surface area (Å²) in [5.74, 6) is 0.748. The second kappa shape index (κ2) is 5.66. The van der Waals surface area contributed by atoms with Gasteiger partial charge < -0.3 is 5.11 Å². The highest BCUT2D eigenvalue weighted by Crippen LogP contribution is 2.29. The molecule has 1 nitrogen and oxygen atoms in total. The molecule has 0 fully saturated rings. The molecule has 0 amide bonds. The first-order valence-corrected chi connectivity index (χ1v) is 7.50. The minimum Gasteiger partial charge on any atom is -0.388 e. The van der Waals surface area contributed by atoms with Crippen LogP contribution in [0.2, 0.25) is 0 Å². The Morgan fingerprint density at radius 1 is 1.00 bits per heavy atom. The van der Waals surface area contributed by atoms with Gasteiger partial charge in [0.05, 0.1) is 6.10 Å². The van der Waals surface area contributed by atoms with Crippen molar-refractivity contribution in [2.75, 3.05) is 5.75 Å². The van der Waals surface area contributed by atoms with Gasteiger partial charge in [-0.3, -0.25) is 0 Å². The van der Waals surface area contributed by atoms with Crippen LogP contribution in [0.5, 0.6) is 0 Å². The first-order chi connectivity index (χ1) is 8.09. The van der Waals surface area contributed by atoms with Crippen molar-refractivity contribution >= 4 is 11.8 Å². The van der Waals surface area contributed by atoms with Crippen molar-refractivity contribution in [3.63, 3.8) is 0 Å². The summed E-state index contributed by atoms with van der Waals surface area (Å²) in [5.41, 5.74) is 2.49. The van der Waals surface area contributed by atoms with Gasteiger partial charge >= 0.3 is 0 Å². The lowest BCUT2D eigenvalue weighted by Crippen LogP contribution is -2.13. The molecule has 0 aliphatic rings. The van der Waals surface area contributed by atoms with Crippen molar-refractivity contribution in [2.24, 2.45) is 0 Å². The molecule has 0 aliphatic carbocycles. The lowest BCUT2D eigenvalue weighted by Gasteiger charge is -2.22. The molecule has 18 heavy (non-hydrogen) atoms. The van der Waals surface area contributed by atoms with E-state index in [2.05, 4.69) is 65.8 Å². The maximum Gasteiger partial charge on any atom is 0.0880 e. The summed E-state index contributed by atoms with van der Waals surface area (Å²) in [4.78, 5) is 0. The van der Waals surface area contributed by atoms with E-state index in [0.717, 1.165) is 11.3 Å². The van der Waals surface area contributed by atoms with Gasteiger partial charge in [0.15, 0.2) is 0 Å². The molecule has 1 aromatic rings. The fraction of sp³-hybridized carbons (Fsp3) is 0.625. The number of rotatable bonds is 3. The van der Waals surface area contributed by atoms with Crippen molar-refractivity contribution in [3.05, 3.63) is 35.4 Å². The van der Waals surface area contributed by atoms with Crippen LogP contribution in [-0.4, -0.2) is 15.6 Å². The lowest BCUT2D eigenvalue weighted by molar-refractivity contribution is 0.203. The summed E-state index contributed by atoms with van der Waals surface area (Å²) >= 11 is 1.80. The Morgan fingerprint density at radius 3 is 1.89 bits per heavy atom. The first-order valence-electron chi connectivity index (χ1n) is 6.52. The van der Waals surface area contributed by atoms with Gasteiger partial charge in [0, 0.05) is 10.5 Å². The molecule has 1 unspecified atom stereocenters. The summed E-state index contributed by atoms with van der Waals surface area (Å²) in [6.45, 7) is 13.1. The Bertz CT molecular complexity index is 368. The third kappa shape index (κ3) is 5.03. The van der Waals surface area contributed by atoms with E-state index in [1.165, 1.54) is 5.56 Å². The molecule has 1 atom stereocenters. The Labute approximate surface area is 116 Å². The van der Waals surface area contributed by atoms with Crippen molar-refractivity contribution in [2.45, 2.75) is 57.8 Å². The van der Waals surface area contributed by atoms with E-state index >= 15 is 0 Å². The second-order valence-electron chi connectivity index (χ2n) is 6.81. The number of hydrogen-bond acceptors (Lipinski definition) is 2. The molecule has 2 heteroatoms. The zero-order chi connectivity index (χ0) is 14.0.